The predicted molar refractivity (Wildman–Crippen MR) is 87.9 cm³/mol. The minimum absolute atomic E-state index is 0.161. The summed E-state index contributed by atoms with van der Waals surface area (Å²) < 4.78 is 5.67. The van der Waals surface area contributed by atoms with Gasteiger partial charge in [-0.2, -0.15) is 0 Å². The van der Waals surface area contributed by atoms with Gasteiger partial charge in [-0.15, -0.1) is 0 Å². The number of pyridine rings is 1. The van der Waals surface area contributed by atoms with Crippen molar-refractivity contribution < 1.29 is 9.53 Å². The van der Waals surface area contributed by atoms with Crippen LogP contribution in [0.3, 0.4) is 0 Å². The third-order valence-corrected chi connectivity index (χ3v) is 4.87. The van der Waals surface area contributed by atoms with Crippen molar-refractivity contribution in [2.24, 2.45) is 0 Å². The lowest BCUT2D eigenvalue weighted by Crippen LogP contribution is -2.51. The number of ether oxygens (including phenoxy) is 1. The van der Waals surface area contributed by atoms with Gasteiger partial charge in [-0.3, -0.25) is 14.5 Å². The van der Waals surface area contributed by atoms with Gasteiger partial charge in [0.15, 0.2) is 0 Å². The Morgan fingerprint density at radius 1 is 1.30 bits per heavy atom. The van der Waals surface area contributed by atoms with Crippen LogP contribution >= 0.6 is 0 Å². The number of aromatic amines is 1. The molecule has 2 aliphatic heterocycles. The molecule has 2 aliphatic rings. The molecule has 3 rings (SSSR count). The van der Waals surface area contributed by atoms with Crippen molar-refractivity contribution in [3.63, 3.8) is 0 Å². The molecule has 0 saturated carbocycles. The SMILES string of the molecule is Cc1cc(C(=O)N2CCN(C[C@H]3CCCO3)CC2)c(=O)[nH]c1C. The maximum absolute atomic E-state index is 12.6. The van der Waals surface area contributed by atoms with Crippen molar-refractivity contribution in [1.82, 2.24) is 14.8 Å². The average Bonchev–Trinajstić information content (AvgIpc) is 3.04. The summed E-state index contributed by atoms with van der Waals surface area (Å²) in [5.74, 6) is -0.161. The lowest BCUT2D eigenvalue weighted by Gasteiger charge is -2.35. The van der Waals surface area contributed by atoms with Gasteiger partial charge in [0, 0.05) is 45.0 Å². The Kier molecular flexibility index (Phi) is 4.82. The molecule has 0 unspecified atom stereocenters. The van der Waals surface area contributed by atoms with Gasteiger partial charge in [0.25, 0.3) is 11.5 Å². The van der Waals surface area contributed by atoms with Crippen LogP contribution in [0.2, 0.25) is 0 Å². The summed E-state index contributed by atoms with van der Waals surface area (Å²) >= 11 is 0. The number of piperazine rings is 1. The number of nitrogens with zero attached hydrogens (tertiary/aromatic N) is 2. The number of carbonyl (C=O) groups excluding carboxylic acids is 1. The zero-order valence-corrected chi connectivity index (χ0v) is 13.9. The van der Waals surface area contributed by atoms with E-state index in [4.69, 9.17) is 4.74 Å². The molecule has 1 amide bonds. The van der Waals surface area contributed by atoms with E-state index < -0.39 is 0 Å². The zero-order chi connectivity index (χ0) is 16.4. The summed E-state index contributed by atoms with van der Waals surface area (Å²) in [5.41, 5.74) is 1.71. The molecule has 3 heterocycles. The maximum atomic E-state index is 12.6. The first-order chi connectivity index (χ1) is 11.0. The number of aromatic nitrogens is 1. The highest BCUT2D eigenvalue weighted by Gasteiger charge is 2.26. The lowest BCUT2D eigenvalue weighted by molar-refractivity contribution is 0.0432. The summed E-state index contributed by atoms with van der Waals surface area (Å²) in [6, 6.07) is 1.70. The summed E-state index contributed by atoms with van der Waals surface area (Å²) in [5, 5.41) is 0. The van der Waals surface area contributed by atoms with Crippen LogP contribution in [0.5, 0.6) is 0 Å². The Balaban J connectivity index is 1.60. The summed E-state index contributed by atoms with van der Waals surface area (Å²) in [7, 11) is 0. The van der Waals surface area contributed by atoms with E-state index in [9.17, 15) is 9.59 Å². The van der Waals surface area contributed by atoms with Gasteiger partial charge in [-0.25, -0.2) is 0 Å². The van der Waals surface area contributed by atoms with Crippen LogP contribution in [0.1, 0.15) is 34.5 Å². The van der Waals surface area contributed by atoms with E-state index in [1.165, 1.54) is 0 Å². The fourth-order valence-corrected chi connectivity index (χ4v) is 3.27. The first-order valence-electron chi connectivity index (χ1n) is 8.38. The topological polar surface area (TPSA) is 65.6 Å². The zero-order valence-electron chi connectivity index (χ0n) is 13.9. The van der Waals surface area contributed by atoms with Gasteiger partial charge >= 0.3 is 0 Å². The smallest absolute Gasteiger partial charge is 0.261 e. The molecule has 1 atom stereocenters. The molecule has 2 fully saturated rings. The molecule has 0 radical (unpaired) electrons. The standard InChI is InChI=1S/C17H25N3O3/c1-12-10-15(16(21)18-13(12)2)17(22)20-7-5-19(6-8-20)11-14-4-3-9-23-14/h10,14H,3-9,11H2,1-2H3,(H,18,21)/t14-/m1/s1. The van der Waals surface area contributed by atoms with Crippen molar-refractivity contribution >= 4 is 5.91 Å². The van der Waals surface area contributed by atoms with E-state index in [0.29, 0.717) is 19.2 Å². The van der Waals surface area contributed by atoms with E-state index >= 15 is 0 Å². The molecule has 2 saturated heterocycles. The Hall–Kier alpha value is -1.66. The second-order valence-electron chi connectivity index (χ2n) is 6.55. The molecule has 6 nitrogen and oxygen atoms in total. The summed E-state index contributed by atoms with van der Waals surface area (Å²) in [6.07, 6.45) is 2.63. The number of amides is 1. The van der Waals surface area contributed by atoms with Crippen LogP contribution in [0.4, 0.5) is 0 Å². The number of H-pyrrole nitrogens is 1. The van der Waals surface area contributed by atoms with Crippen LogP contribution in [0.25, 0.3) is 0 Å². The summed E-state index contributed by atoms with van der Waals surface area (Å²) in [6.45, 7) is 8.58. The predicted octanol–water partition coefficient (Wildman–Crippen LogP) is 0.929. The Morgan fingerprint density at radius 3 is 2.70 bits per heavy atom. The molecule has 23 heavy (non-hydrogen) atoms. The first-order valence-corrected chi connectivity index (χ1v) is 8.38. The lowest BCUT2D eigenvalue weighted by atomic mass is 10.1. The fraction of sp³-hybridized carbons (Fsp3) is 0.647. The largest absolute Gasteiger partial charge is 0.377 e. The molecule has 6 heteroatoms. The molecule has 1 N–H and O–H groups in total. The van der Waals surface area contributed by atoms with E-state index in [-0.39, 0.29) is 17.0 Å². The number of nitrogens with one attached hydrogen (secondary N) is 1. The quantitative estimate of drug-likeness (QED) is 0.900. The van der Waals surface area contributed by atoms with Gasteiger partial charge in [-0.05, 0) is 38.3 Å². The van der Waals surface area contributed by atoms with Gasteiger partial charge in [-0.1, -0.05) is 0 Å². The normalized spacial score (nSPS) is 22.5. The number of hydrogen-bond donors (Lipinski definition) is 1. The van der Waals surface area contributed by atoms with Crippen molar-refractivity contribution in [2.75, 3.05) is 39.3 Å². The van der Waals surface area contributed by atoms with E-state index in [1.54, 1.807) is 11.0 Å². The monoisotopic (exact) mass is 319 g/mol. The van der Waals surface area contributed by atoms with E-state index in [1.807, 2.05) is 13.8 Å². The molecular formula is C17H25N3O3. The molecule has 1 aromatic rings. The van der Waals surface area contributed by atoms with Gasteiger partial charge < -0.3 is 14.6 Å². The number of hydrogen-bond acceptors (Lipinski definition) is 4. The molecule has 0 aromatic carbocycles. The third-order valence-electron chi connectivity index (χ3n) is 4.87. The van der Waals surface area contributed by atoms with Crippen molar-refractivity contribution in [1.29, 1.82) is 0 Å². The second-order valence-corrected chi connectivity index (χ2v) is 6.55. The van der Waals surface area contributed by atoms with Crippen LogP contribution in [0.15, 0.2) is 10.9 Å². The van der Waals surface area contributed by atoms with Crippen LogP contribution < -0.4 is 5.56 Å². The Bertz CT molecular complexity index is 626. The van der Waals surface area contributed by atoms with Gasteiger partial charge in [0.05, 0.1) is 6.10 Å². The molecule has 0 bridgehead atoms. The van der Waals surface area contributed by atoms with E-state index in [2.05, 4.69) is 9.88 Å². The van der Waals surface area contributed by atoms with Crippen LogP contribution in [0, 0.1) is 13.8 Å². The Labute approximate surface area is 136 Å². The van der Waals surface area contributed by atoms with E-state index in [0.717, 1.165) is 50.3 Å². The van der Waals surface area contributed by atoms with Crippen molar-refractivity contribution in [3.05, 3.63) is 33.2 Å². The highest BCUT2D eigenvalue weighted by Crippen LogP contribution is 2.15. The molecular weight excluding hydrogens is 294 g/mol. The minimum atomic E-state index is -0.292. The minimum Gasteiger partial charge on any atom is -0.377 e. The summed E-state index contributed by atoms with van der Waals surface area (Å²) in [4.78, 5) is 31.5. The number of rotatable bonds is 3. The molecule has 126 valence electrons. The van der Waals surface area contributed by atoms with Gasteiger partial charge in [0.2, 0.25) is 0 Å². The molecule has 0 aliphatic carbocycles. The maximum Gasteiger partial charge on any atom is 0.261 e. The van der Waals surface area contributed by atoms with Crippen LogP contribution in [-0.4, -0.2) is 66.1 Å². The van der Waals surface area contributed by atoms with Crippen LogP contribution in [-0.2, 0) is 4.74 Å². The number of carbonyl (C=O) groups is 1. The highest BCUT2D eigenvalue weighted by atomic mass is 16.5. The third kappa shape index (κ3) is 3.64. The number of aryl methyl sites for hydroxylation is 2. The van der Waals surface area contributed by atoms with Crippen molar-refractivity contribution in [3.8, 4) is 0 Å². The Morgan fingerprint density at radius 2 is 2.04 bits per heavy atom. The van der Waals surface area contributed by atoms with Crippen molar-refractivity contribution in [2.45, 2.75) is 32.8 Å². The first kappa shape index (κ1) is 16.2. The highest BCUT2D eigenvalue weighted by molar-refractivity contribution is 5.94. The molecule has 0 spiro atoms. The fourth-order valence-electron chi connectivity index (χ4n) is 3.27. The molecule has 1 aromatic heterocycles. The van der Waals surface area contributed by atoms with Gasteiger partial charge in [0.1, 0.15) is 5.56 Å². The average molecular weight is 319 g/mol. The second kappa shape index (κ2) is 6.84.